The number of rotatable bonds is 6. The molecule has 3 heterocycles. The van der Waals surface area contributed by atoms with Gasteiger partial charge in [0, 0.05) is 37.3 Å². The number of aromatic nitrogens is 1. The summed E-state index contributed by atoms with van der Waals surface area (Å²) in [5.74, 6) is 1.56. The van der Waals surface area contributed by atoms with Crippen molar-refractivity contribution in [2.45, 2.75) is 46.1 Å². The molecule has 2 aliphatic rings. The molecule has 172 valence electrons. The van der Waals surface area contributed by atoms with Crippen LogP contribution in [0.1, 0.15) is 55.5 Å². The molecule has 6 heteroatoms. The molecule has 0 N–H and O–H groups in total. The summed E-state index contributed by atoms with van der Waals surface area (Å²) in [6.07, 6.45) is 7.28. The van der Waals surface area contributed by atoms with Crippen LogP contribution < -0.4 is 9.47 Å². The molecule has 2 fully saturated rings. The average Bonchev–Trinajstić information content (AvgIpc) is 2.81. The maximum absolute atomic E-state index is 12.8. The van der Waals surface area contributed by atoms with Gasteiger partial charge in [-0.1, -0.05) is 32.0 Å². The number of hydrogen-bond acceptors (Lipinski definition) is 4. The number of piperidine rings is 2. The quantitative estimate of drug-likeness (QED) is 0.508. The molecule has 0 atom stereocenters. The Bertz CT molecular complexity index is 895. The van der Waals surface area contributed by atoms with Crippen molar-refractivity contribution in [1.82, 2.24) is 9.80 Å². The largest absolute Gasteiger partial charge is 0.619 e. The fourth-order valence-corrected chi connectivity index (χ4v) is 4.88. The van der Waals surface area contributed by atoms with E-state index in [4.69, 9.17) is 4.74 Å². The first-order valence-electron chi connectivity index (χ1n) is 11.9. The number of likely N-dealkylation sites (tertiary alicyclic amines) is 2. The Morgan fingerprint density at radius 2 is 1.66 bits per heavy atom. The van der Waals surface area contributed by atoms with E-state index in [0.29, 0.717) is 21.6 Å². The minimum Gasteiger partial charge on any atom is -0.619 e. The van der Waals surface area contributed by atoms with Crippen molar-refractivity contribution in [3.05, 3.63) is 65.1 Å². The first-order valence-corrected chi connectivity index (χ1v) is 11.9. The highest BCUT2D eigenvalue weighted by atomic mass is 16.5. The molecule has 1 amide bonds. The van der Waals surface area contributed by atoms with Gasteiger partial charge in [-0.2, -0.15) is 4.73 Å². The van der Waals surface area contributed by atoms with E-state index in [2.05, 4.69) is 36.9 Å². The van der Waals surface area contributed by atoms with Crippen molar-refractivity contribution in [1.29, 1.82) is 0 Å². The summed E-state index contributed by atoms with van der Waals surface area (Å²) in [5.41, 5.74) is 2.23. The molecule has 0 bridgehead atoms. The average molecular weight is 438 g/mol. The van der Waals surface area contributed by atoms with Crippen LogP contribution >= 0.6 is 0 Å². The van der Waals surface area contributed by atoms with Crippen molar-refractivity contribution in [2.24, 2.45) is 11.3 Å². The third-order valence-corrected chi connectivity index (χ3v) is 7.02. The zero-order valence-electron chi connectivity index (χ0n) is 19.3. The minimum absolute atomic E-state index is 0.0379. The summed E-state index contributed by atoms with van der Waals surface area (Å²) in [4.78, 5) is 17.3. The highest BCUT2D eigenvalue weighted by molar-refractivity contribution is 5.94. The van der Waals surface area contributed by atoms with Gasteiger partial charge in [-0.15, -0.1) is 0 Å². The summed E-state index contributed by atoms with van der Waals surface area (Å²) in [6.45, 7) is 9.81. The molecule has 0 aliphatic carbocycles. The normalized spacial score (nSPS) is 18.8. The molecule has 6 nitrogen and oxygen atoms in total. The van der Waals surface area contributed by atoms with E-state index >= 15 is 0 Å². The van der Waals surface area contributed by atoms with Crippen LogP contribution in [0.4, 0.5) is 0 Å². The molecule has 2 aliphatic heterocycles. The number of amides is 1. The van der Waals surface area contributed by atoms with E-state index in [1.807, 2.05) is 11.0 Å². The van der Waals surface area contributed by atoms with Crippen molar-refractivity contribution in [3.8, 4) is 5.75 Å². The lowest BCUT2D eigenvalue weighted by molar-refractivity contribution is -0.605. The maximum Gasteiger partial charge on any atom is 0.254 e. The van der Waals surface area contributed by atoms with Crippen LogP contribution in [0.5, 0.6) is 5.75 Å². The second kappa shape index (κ2) is 9.90. The van der Waals surface area contributed by atoms with Gasteiger partial charge in [0.05, 0.1) is 12.2 Å². The number of ether oxygens (including phenoxy) is 1. The molecule has 1 aromatic carbocycles. The summed E-state index contributed by atoms with van der Waals surface area (Å²) in [7, 11) is 0. The van der Waals surface area contributed by atoms with Gasteiger partial charge in [0.2, 0.25) is 0 Å². The molecule has 1 aromatic heterocycles. The number of carbonyl (C=O) groups is 1. The number of para-hydroxylation sites is 1. The monoisotopic (exact) mass is 437 g/mol. The van der Waals surface area contributed by atoms with Crippen LogP contribution in [0.3, 0.4) is 0 Å². The maximum atomic E-state index is 12.8. The Balaban J connectivity index is 1.28. The van der Waals surface area contributed by atoms with E-state index in [-0.39, 0.29) is 5.91 Å². The molecular formula is C26H35N3O3. The number of pyridine rings is 1. The van der Waals surface area contributed by atoms with Crippen molar-refractivity contribution >= 4 is 5.91 Å². The predicted octanol–water partition coefficient (Wildman–Crippen LogP) is 3.87. The zero-order chi connectivity index (χ0) is 22.6. The number of benzene rings is 1. The zero-order valence-corrected chi connectivity index (χ0v) is 19.3. The standard InChI is InChI=1S/C26H35N3O3/c1-21(2)20-32-24-6-4-3-5-23(24)19-27-15-9-26(10-16-27)11-17-28(18-12-26)25(30)22-7-13-29(31)14-8-22/h3-8,13-14,21H,9-12,15-20H2,1-2H3. The molecule has 0 saturated carbocycles. The second-order valence-electron chi connectivity index (χ2n) is 9.83. The van der Waals surface area contributed by atoms with Gasteiger partial charge < -0.3 is 14.8 Å². The van der Waals surface area contributed by atoms with Crippen LogP contribution in [-0.4, -0.2) is 48.5 Å². The third kappa shape index (κ3) is 5.41. The molecule has 4 rings (SSSR count). The van der Waals surface area contributed by atoms with Gasteiger partial charge in [0.25, 0.3) is 5.91 Å². The Morgan fingerprint density at radius 3 is 2.31 bits per heavy atom. The number of nitrogens with zero attached hydrogens (tertiary/aromatic N) is 3. The Labute approximate surface area is 191 Å². The molecule has 2 saturated heterocycles. The fourth-order valence-electron chi connectivity index (χ4n) is 4.88. The molecule has 1 spiro atoms. The molecule has 0 radical (unpaired) electrons. The molecular weight excluding hydrogens is 402 g/mol. The van der Waals surface area contributed by atoms with E-state index in [0.717, 1.165) is 57.9 Å². The van der Waals surface area contributed by atoms with Crippen LogP contribution in [0.25, 0.3) is 0 Å². The van der Waals surface area contributed by atoms with Gasteiger partial charge in [0.15, 0.2) is 12.4 Å². The van der Waals surface area contributed by atoms with E-state index in [1.54, 1.807) is 12.1 Å². The van der Waals surface area contributed by atoms with Crippen molar-refractivity contribution < 1.29 is 14.3 Å². The van der Waals surface area contributed by atoms with Gasteiger partial charge in [-0.25, -0.2) is 0 Å². The summed E-state index contributed by atoms with van der Waals surface area (Å²) in [5, 5.41) is 11.2. The van der Waals surface area contributed by atoms with Gasteiger partial charge >= 0.3 is 0 Å². The Morgan fingerprint density at radius 1 is 1.03 bits per heavy atom. The van der Waals surface area contributed by atoms with Crippen LogP contribution in [-0.2, 0) is 6.54 Å². The SMILES string of the molecule is CC(C)COc1ccccc1CN1CCC2(CC1)CCN(C(=O)c1cc[n+]([O-])cc1)CC2. The minimum atomic E-state index is 0.0379. The van der Waals surface area contributed by atoms with Crippen molar-refractivity contribution in [2.75, 3.05) is 32.8 Å². The van der Waals surface area contributed by atoms with E-state index in [9.17, 15) is 10.0 Å². The van der Waals surface area contributed by atoms with E-state index in [1.165, 1.54) is 30.8 Å². The Kier molecular flexibility index (Phi) is 6.99. The highest BCUT2D eigenvalue weighted by Gasteiger charge is 2.38. The van der Waals surface area contributed by atoms with Gasteiger partial charge in [-0.3, -0.25) is 9.69 Å². The molecule has 2 aromatic rings. The lowest BCUT2D eigenvalue weighted by Crippen LogP contribution is -2.48. The lowest BCUT2D eigenvalue weighted by atomic mass is 9.71. The summed E-state index contributed by atoms with van der Waals surface area (Å²) >= 11 is 0. The van der Waals surface area contributed by atoms with E-state index < -0.39 is 0 Å². The van der Waals surface area contributed by atoms with Gasteiger partial charge in [-0.05, 0) is 56.2 Å². The topological polar surface area (TPSA) is 59.7 Å². The first-order chi connectivity index (χ1) is 15.4. The van der Waals surface area contributed by atoms with Crippen molar-refractivity contribution in [3.63, 3.8) is 0 Å². The van der Waals surface area contributed by atoms with Gasteiger partial charge in [0.1, 0.15) is 5.75 Å². The number of carbonyl (C=O) groups excluding carboxylic acids is 1. The Hall–Kier alpha value is -2.60. The lowest BCUT2D eigenvalue weighted by Gasteiger charge is -2.47. The first kappa shape index (κ1) is 22.6. The molecule has 32 heavy (non-hydrogen) atoms. The summed E-state index contributed by atoms with van der Waals surface area (Å²) in [6, 6.07) is 11.6. The third-order valence-electron chi connectivity index (χ3n) is 7.02. The van der Waals surface area contributed by atoms with Crippen LogP contribution in [0, 0.1) is 16.5 Å². The molecule has 0 unspecified atom stereocenters. The van der Waals surface area contributed by atoms with Crippen LogP contribution in [0.15, 0.2) is 48.8 Å². The van der Waals surface area contributed by atoms with Crippen LogP contribution in [0.2, 0.25) is 0 Å². The predicted molar refractivity (Wildman–Crippen MR) is 124 cm³/mol. The summed E-state index contributed by atoms with van der Waals surface area (Å²) < 4.78 is 6.76. The number of hydrogen-bond donors (Lipinski definition) is 0. The fraction of sp³-hybridized carbons (Fsp3) is 0.538. The second-order valence-corrected chi connectivity index (χ2v) is 9.83. The highest BCUT2D eigenvalue weighted by Crippen LogP contribution is 2.42. The smallest absolute Gasteiger partial charge is 0.254 e.